The molecule has 0 saturated heterocycles. The molecule has 1 N–H and O–H groups in total. The molecular formula is C12H14Br2O. The van der Waals surface area contributed by atoms with Gasteiger partial charge in [-0.25, -0.2) is 0 Å². The number of benzene rings is 1. The highest BCUT2D eigenvalue weighted by Crippen LogP contribution is 2.56. The van der Waals surface area contributed by atoms with E-state index in [-0.39, 0.29) is 0 Å². The lowest BCUT2D eigenvalue weighted by Crippen LogP contribution is -2.09. The van der Waals surface area contributed by atoms with Crippen LogP contribution in [0, 0.1) is 5.92 Å². The number of halogens is 2. The van der Waals surface area contributed by atoms with E-state index < -0.39 is 5.60 Å². The molecular weight excluding hydrogens is 320 g/mol. The Hall–Kier alpha value is 0.140. The highest BCUT2D eigenvalue weighted by molar-refractivity contribution is 9.11. The first-order chi connectivity index (χ1) is 7.08. The molecule has 2 rings (SSSR count). The van der Waals surface area contributed by atoms with E-state index in [4.69, 9.17) is 0 Å². The minimum absolute atomic E-state index is 0.444. The molecule has 1 aromatic rings. The summed E-state index contributed by atoms with van der Waals surface area (Å²) in [5, 5.41) is 10.4. The van der Waals surface area contributed by atoms with Gasteiger partial charge >= 0.3 is 0 Å². The number of hydrogen-bond donors (Lipinski definition) is 1. The Kier molecular flexibility index (Phi) is 3.25. The van der Waals surface area contributed by atoms with Crippen LogP contribution in [0.5, 0.6) is 0 Å². The maximum absolute atomic E-state index is 10.4. The zero-order valence-electron chi connectivity index (χ0n) is 8.63. The van der Waals surface area contributed by atoms with Crippen LogP contribution in [0.3, 0.4) is 0 Å². The summed E-state index contributed by atoms with van der Waals surface area (Å²) in [5.41, 5.74) is 0.458. The van der Waals surface area contributed by atoms with Gasteiger partial charge in [-0.1, -0.05) is 51.3 Å². The van der Waals surface area contributed by atoms with E-state index in [1.54, 1.807) is 0 Å². The third-order valence-electron chi connectivity index (χ3n) is 3.11. The summed E-state index contributed by atoms with van der Waals surface area (Å²) in [6.45, 7) is 2.16. The summed E-state index contributed by atoms with van der Waals surface area (Å²) >= 11 is 6.93. The van der Waals surface area contributed by atoms with Crippen molar-refractivity contribution in [1.29, 1.82) is 0 Å². The van der Waals surface area contributed by atoms with E-state index in [1.165, 1.54) is 0 Å². The zero-order chi connectivity index (χ0) is 11.1. The summed E-state index contributed by atoms with van der Waals surface area (Å²) in [7, 11) is 0. The van der Waals surface area contributed by atoms with Gasteiger partial charge in [0.05, 0.1) is 5.60 Å². The predicted octanol–water partition coefficient (Wildman–Crippen LogP) is 4.22. The van der Waals surface area contributed by atoms with Crippen molar-refractivity contribution >= 4 is 31.9 Å². The Morgan fingerprint density at radius 2 is 2.20 bits per heavy atom. The van der Waals surface area contributed by atoms with Crippen LogP contribution in [-0.4, -0.2) is 5.11 Å². The summed E-state index contributed by atoms with van der Waals surface area (Å²) < 4.78 is 2.03. The molecule has 82 valence electrons. The van der Waals surface area contributed by atoms with Crippen molar-refractivity contribution in [3.63, 3.8) is 0 Å². The van der Waals surface area contributed by atoms with Crippen molar-refractivity contribution < 1.29 is 5.11 Å². The lowest BCUT2D eigenvalue weighted by molar-refractivity contribution is 0.128. The molecule has 1 saturated carbocycles. The van der Waals surface area contributed by atoms with Gasteiger partial charge in [-0.3, -0.25) is 0 Å². The number of rotatable bonds is 3. The third kappa shape index (κ3) is 2.15. The molecule has 0 heterocycles. The summed E-state index contributed by atoms with van der Waals surface area (Å²) in [6.07, 6.45) is 3.15. The smallest absolute Gasteiger partial charge is 0.0940 e. The number of aliphatic hydroxyl groups is 1. The average Bonchev–Trinajstić information content (AvgIpc) is 2.78. The molecule has 3 heteroatoms. The molecule has 0 bridgehead atoms. The average molecular weight is 334 g/mol. The quantitative estimate of drug-likeness (QED) is 0.878. The van der Waals surface area contributed by atoms with E-state index >= 15 is 0 Å². The van der Waals surface area contributed by atoms with Gasteiger partial charge in [0.1, 0.15) is 0 Å². The standard InChI is InChI=1S/C12H14Br2O/c1-2-3-8-7-12(8,15)10-5-4-9(13)6-11(10)14/h4-6,8,15H,2-3,7H2,1H3. The minimum atomic E-state index is -0.574. The Labute approximate surface area is 107 Å². The van der Waals surface area contributed by atoms with Crippen molar-refractivity contribution in [3.8, 4) is 0 Å². The highest BCUT2D eigenvalue weighted by Gasteiger charge is 2.53. The van der Waals surface area contributed by atoms with Gasteiger partial charge in [0, 0.05) is 8.95 Å². The normalized spacial score (nSPS) is 29.2. The molecule has 2 unspecified atom stereocenters. The van der Waals surface area contributed by atoms with Gasteiger partial charge in [-0.2, -0.15) is 0 Å². The van der Waals surface area contributed by atoms with Gasteiger partial charge < -0.3 is 5.11 Å². The van der Waals surface area contributed by atoms with E-state index in [0.29, 0.717) is 5.92 Å². The van der Waals surface area contributed by atoms with Gasteiger partial charge in [0.2, 0.25) is 0 Å². The van der Waals surface area contributed by atoms with Crippen molar-refractivity contribution in [1.82, 2.24) is 0 Å². The molecule has 1 aliphatic rings. The molecule has 0 amide bonds. The molecule has 1 nitrogen and oxygen atoms in total. The van der Waals surface area contributed by atoms with Crippen LogP contribution in [0.15, 0.2) is 27.1 Å². The second-order valence-corrected chi connectivity index (χ2v) is 6.01. The van der Waals surface area contributed by atoms with Crippen LogP contribution in [0.1, 0.15) is 31.7 Å². The van der Waals surface area contributed by atoms with Crippen molar-refractivity contribution in [2.45, 2.75) is 31.8 Å². The number of hydrogen-bond acceptors (Lipinski definition) is 1. The maximum Gasteiger partial charge on any atom is 0.0940 e. The third-order valence-corrected chi connectivity index (χ3v) is 4.26. The summed E-state index contributed by atoms with van der Waals surface area (Å²) in [4.78, 5) is 0. The largest absolute Gasteiger partial charge is 0.385 e. The second kappa shape index (κ2) is 4.19. The molecule has 2 atom stereocenters. The first-order valence-corrected chi connectivity index (χ1v) is 6.84. The van der Waals surface area contributed by atoms with E-state index in [0.717, 1.165) is 33.8 Å². The first kappa shape index (κ1) is 11.6. The molecule has 0 aliphatic heterocycles. The minimum Gasteiger partial charge on any atom is -0.385 e. The zero-order valence-corrected chi connectivity index (χ0v) is 11.8. The lowest BCUT2D eigenvalue weighted by atomic mass is 10.0. The molecule has 0 aromatic heterocycles. The van der Waals surface area contributed by atoms with Crippen LogP contribution in [0.25, 0.3) is 0 Å². The van der Waals surface area contributed by atoms with Crippen LogP contribution < -0.4 is 0 Å². The van der Waals surface area contributed by atoms with E-state index in [2.05, 4.69) is 38.8 Å². The Morgan fingerprint density at radius 1 is 1.47 bits per heavy atom. The fourth-order valence-corrected chi connectivity index (χ4v) is 3.57. The Bertz CT molecular complexity index is 378. The van der Waals surface area contributed by atoms with Crippen LogP contribution in [0.4, 0.5) is 0 Å². The molecule has 1 fully saturated rings. The highest BCUT2D eigenvalue weighted by atomic mass is 79.9. The first-order valence-electron chi connectivity index (χ1n) is 5.26. The topological polar surface area (TPSA) is 20.2 Å². The van der Waals surface area contributed by atoms with Gasteiger partial charge in [-0.05, 0) is 36.5 Å². The lowest BCUT2D eigenvalue weighted by Gasteiger charge is -2.13. The molecule has 0 spiro atoms. The van der Waals surface area contributed by atoms with Crippen LogP contribution >= 0.6 is 31.9 Å². The maximum atomic E-state index is 10.4. The SMILES string of the molecule is CCCC1CC1(O)c1ccc(Br)cc1Br. The fourth-order valence-electron chi connectivity index (χ4n) is 2.18. The Morgan fingerprint density at radius 3 is 2.80 bits per heavy atom. The Balaban J connectivity index is 2.24. The van der Waals surface area contributed by atoms with E-state index in [1.807, 2.05) is 18.2 Å². The second-order valence-electron chi connectivity index (χ2n) is 4.24. The molecule has 1 aliphatic carbocycles. The van der Waals surface area contributed by atoms with Crippen molar-refractivity contribution in [3.05, 3.63) is 32.7 Å². The fraction of sp³-hybridized carbons (Fsp3) is 0.500. The van der Waals surface area contributed by atoms with Crippen molar-refractivity contribution in [2.75, 3.05) is 0 Å². The van der Waals surface area contributed by atoms with E-state index in [9.17, 15) is 5.11 Å². The summed E-state index contributed by atoms with van der Waals surface area (Å²) in [5.74, 6) is 0.444. The summed E-state index contributed by atoms with van der Waals surface area (Å²) in [6, 6.07) is 5.98. The monoisotopic (exact) mass is 332 g/mol. The molecule has 15 heavy (non-hydrogen) atoms. The molecule has 0 radical (unpaired) electrons. The molecule has 1 aromatic carbocycles. The van der Waals surface area contributed by atoms with Gasteiger partial charge in [-0.15, -0.1) is 0 Å². The van der Waals surface area contributed by atoms with Crippen LogP contribution in [-0.2, 0) is 5.60 Å². The predicted molar refractivity (Wildman–Crippen MR) is 68.8 cm³/mol. The van der Waals surface area contributed by atoms with Crippen molar-refractivity contribution in [2.24, 2.45) is 5.92 Å². The van der Waals surface area contributed by atoms with Gasteiger partial charge in [0.25, 0.3) is 0 Å². The van der Waals surface area contributed by atoms with Gasteiger partial charge in [0.15, 0.2) is 0 Å². The van der Waals surface area contributed by atoms with Crippen LogP contribution in [0.2, 0.25) is 0 Å².